The van der Waals surface area contributed by atoms with Gasteiger partial charge in [-0.3, -0.25) is 4.79 Å². The van der Waals surface area contributed by atoms with Crippen molar-refractivity contribution in [2.24, 2.45) is 0 Å². The molecule has 0 aliphatic carbocycles. The lowest BCUT2D eigenvalue weighted by molar-refractivity contribution is 0.0946. The number of hydrogen-bond acceptors (Lipinski definition) is 5. The van der Waals surface area contributed by atoms with Gasteiger partial charge in [0, 0.05) is 19.6 Å². The van der Waals surface area contributed by atoms with Crippen molar-refractivity contribution in [1.29, 1.82) is 0 Å². The van der Waals surface area contributed by atoms with Gasteiger partial charge in [0.05, 0.1) is 12.4 Å². The first-order valence-corrected chi connectivity index (χ1v) is 8.75. The minimum Gasteiger partial charge on any atom is -0.369 e. The van der Waals surface area contributed by atoms with E-state index in [-0.39, 0.29) is 5.91 Å². The summed E-state index contributed by atoms with van der Waals surface area (Å²) in [7, 11) is 2.09. The largest absolute Gasteiger partial charge is 0.369 e. The molecular weight excluding hydrogens is 314 g/mol. The predicted octanol–water partition coefficient (Wildman–Crippen LogP) is 2.55. The van der Waals surface area contributed by atoms with Crippen LogP contribution in [0.1, 0.15) is 35.8 Å². The van der Waals surface area contributed by atoms with Gasteiger partial charge in [0.1, 0.15) is 11.5 Å². The fourth-order valence-corrected chi connectivity index (χ4v) is 2.41. The van der Waals surface area contributed by atoms with Crippen LogP contribution in [0.2, 0.25) is 0 Å². The van der Waals surface area contributed by atoms with Gasteiger partial charge in [-0.2, -0.15) is 0 Å². The lowest BCUT2D eigenvalue weighted by atomic mass is 10.2. The van der Waals surface area contributed by atoms with E-state index in [9.17, 15) is 4.79 Å². The average molecular weight is 341 g/mol. The van der Waals surface area contributed by atoms with E-state index < -0.39 is 0 Å². The van der Waals surface area contributed by atoms with Crippen LogP contribution in [0.25, 0.3) is 0 Å². The molecule has 1 aromatic carbocycles. The van der Waals surface area contributed by atoms with E-state index in [1.54, 1.807) is 6.20 Å². The molecule has 0 fully saturated rings. The van der Waals surface area contributed by atoms with E-state index in [0.29, 0.717) is 18.1 Å². The molecule has 0 aliphatic rings. The number of anilines is 1. The van der Waals surface area contributed by atoms with E-state index in [0.717, 1.165) is 32.5 Å². The second kappa shape index (κ2) is 10.4. The Morgan fingerprint density at radius 2 is 1.92 bits per heavy atom. The number of amides is 1. The van der Waals surface area contributed by atoms with Crippen molar-refractivity contribution >= 4 is 11.7 Å². The molecule has 25 heavy (non-hydrogen) atoms. The first-order valence-electron chi connectivity index (χ1n) is 8.75. The SMILES string of the molecule is CCCNc1cnc(C(=O)NCCCN(C)Cc2ccccc2)cn1. The first-order chi connectivity index (χ1) is 12.2. The van der Waals surface area contributed by atoms with Gasteiger partial charge >= 0.3 is 0 Å². The smallest absolute Gasteiger partial charge is 0.271 e. The first kappa shape index (κ1) is 18.9. The summed E-state index contributed by atoms with van der Waals surface area (Å²) in [6, 6.07) is 10.4. The van der Waals surface area contributed by atoms with Crippen LogP contribution in [0.3, 0.4) is 0 Å². The van der Waals surface area contributed by atoms with Gasteiger partial charge in [-0.25, -0.2) is 9.97 Å². The van der Waals surface area contributed by atoms with Crippen molar-refractivity contribution in [3.8, 4) is 0 Å². The highest BCUT2D eigenvalue weighted by Gasteiger charge is 2.07. The molecule has 2 rings (SSSR count). The van der Waals surface area contributed by atoms with Crippen LogP contribution >= 0.6 is 0 Å². The van der Waals surface area contributed by atoms with E-state index in [1.165, 1.54) is 11.8 Å². The number of nitrogens with zero attached hydrogens (tertiary/aromatic N) is 3. The van der Waals surface area contributed by atoms with Crippen LogP contribution in [0, 0.1) is 0 Å². The minimum atomic E-state index is -0.180. The fraction of sp³-hybridized carbons (Fsp3) is 0.421. The zero-order valence-electron chi connectivity index (χ0n) is 15.0. The van der Waals surface area contributed by atoms with Crippen LogP contribution < -0.4 is 10.6 Å². The fourth-order valence-electron chi connectivity index (χ4n) is 2.41. The third-order valence-corrected chi connectivity index (χ3v) is 3.74. The quantitative estimate of drug-likeness (QED) is 0.650. The second-order valence-corrected chi connectivity index (χ2v) is 6.05. The average Bonchev–Trinajstić information content (AvgIpc) is 2.64. The summed E-state index contributed by atoms with van der Waals surface area (Å²) in [5.41, 5.74) is 1.64. The van der Waals surface area contributed by atoms with E-state index >= 15 is 0 Å². The van der Waals surface area contributed by atoms with Gasteiger partial charge in [-0.05, 0) is 32.0 Å². The van der Waals surface area contributed by atoms with Gasteiger partial charge in [0.15, 0.2) is 0 Å². The van der Waals surface area contributed by atoms with Crippen LogP contribution in [-0.4, -0.2) is 47.5 Å². The number of aromatic nitrogens is 2. The Balaban J connectivity index is 1.66. The molecule has 0 bridgehead atoms. The van der Waals surface area contributed by atoms with Gasteiger partial charge < -0.3 is 15.5 Å². The van der Waals surface area contributed by atoms with Gasteiger partial charge in [-0.15, -0.1) is 0 Å². The number of carbonyl (C=O) groups is 1. The Labute approximate surface area is 149 Å². The summed E-state index contributed by atoms with van der Waals surface area (Å²) in [5.74, 6) is 0.515. The lowest BCUT2D eigenvalue weighted by Crippen LogP contribution is -2.28. The van der Waals surface area contributed by atoms with E-state index in [1.807, 2.05) is 18.2 Å². The molecule has 2 aromatic rings. The Hall–Kier alpha value is -2.47. The highest BCUT2D eigenvalue weighted by molar-refractivity contribution is 5.91. The number of hydrogen-bond donors (Lipinski definition) is 2. The van der Waals surface area contributed by atoms with Crippen molar-refractivity contribution in [3.05, 3.63) is 54.0 Å². The molecule has 1 heterocycles. The molecule has 6 heteroatoms. The van der Waals surface area contributed by atoms with Crippen LogP contribution in [0.15, 0.2) is 42.7 Å². The Morgan fingerprint density at radius 1 is 1.12 bits per heavy atom. The summed E-state index contributed by atoms with van der Waals surface area (Å²) in [5, 5.41) is 6.03. The van der Waals surface area contributed by atoms with Gasteiger partial charge in [0.25, 0.3) is 5.91 Å². The summed E-state index contributed by atoms with van der Waals surface area (Å²) in [4.78, 5) is 22.7. The monoisotopic (exact) mass is 341 g/mol. The lowest BCUT2D eigenvalue weighted by Gasteiger charge is -2.16. The Bertz CT molecular complexity index is 630. The van der Waals surface area contributed by atoms with Crippen molar-refractivity contribution in [2.75, 3.05) is 32.0 Å². The van der Waals surface area contributed by atoms with Gasteiger partial charge in [0.2, 0.25) is 0 Å². The minimum absolute atomic E-state index is 0.180. The van der Waals surface area contributed by atoms with Crippen LogP contribution in [0.5, 0.6) is 0 Å². The third kappa shape index (κ3) is 6.89. The highest BCUT2D eigenvalue weighted by Crippen LogP contribution is 2.03. The van der Waals surface area contributed by atoms with Crippen LogP contribution in [-0.2, 0) is 6.54 Å². The van der Waals surface area contributed by atoms with Crippen molar-refractivity contribution < 1.29 is 4.79 Å². The zero-order valence-corrected chi connectivity index (χ0v) is 15.0. The second-order valence-electron chi connectivity index (χ2n) is 6.05. The molecule has 0 atom stereocenters. The van der Waals surface area contributed by atoms with Crippen molar-refractivity contribution in [3.63, 3.8) is 0 Å². The summed E-state index contributed by atoms with van der Waals surface area (Å²) >= 11 is 0. The highest BCUT2D eigenvalue weighted by atomic mass is 16.1. The maximum absolute atomic E-state index is 12.1. The number of rotatable bonds is 10. The van der Waals surface area contributed by atoms with Crippen LogP contribution in [0.4, 0.5) is 5.82 Å². The maximum atomic E-state index is 12.1. The molecule has 1 aromatic heterocycles. The standard InChI is InChI=1S/C19H27N5O/c1-3-10-20-18-14-22-17(13-23-18)19(25)21-11-7-12-24(2)15-16-8-5-4-6-9-16/h4-6,8-9,13-14H,3,7,10-12,15H2,1-2H3,(H,20,23)(H,21,25). The number of nitrogens with one attached hydrogen (secondary N) is 2. The topological polar surface area (TPSA) is 70.2 Å². The van der Waals surface area contributed by atoms with Crippen molar-refractivity contribution in [1.82, 2.24) is 20.2 Å². The molecule has 0 saturated carbocycles. The van der Waals surface area contributed by atoms with Gasteiger partial charge in [-0.1, -0.05) is 37.3 Å². The Kier molecular flexibility index (Phi) is 7.85. The third-order valence-electron chi connectivity index (χ3n) is 3.74. The zero-order chi connectivity index (χ0) is 17.9. The molecular formula is C19H27N5O. The number of benzene rings is 1. The summed E-state index contributed by atoms with van der Waals surface area (Å²) in [6.45, 7) is 5.37. The molecule has 0 saturated heterocycles. The summed E-state index contributed by atoms with van der Waals surface area (Å²) < 4.78 is 0. The molecule has 0 aliphatic heterocycles. The summed E-state index contributed by atoms with van der Waals surface area (Å²) in [6.07, 6.45) is 5.01. The molecule has 1 amide bonds. The van der Waals surface area contributed by atoms with Crippen molar-refractivity contribution in [2.45, 2.75) is 26.3 Å². The van der Waals surface area contributed by atoms with E-state index in [4.69, 9.17) is 0 Å². The molecule has 134 valence electrons. The maximum Gasteiger partial charge on any atom is 0.271 e. The Morgan fingerprint density at radius 3 is 2.60 bits per heavy atom. The molecule has 0 radical (unpaired) electrons. The molecule has 0 unspecified atom stereocenters. The van der Waals surface area contributed by atoms with E-state index in [2.05, 4.69) is 51.6 Å². The molecule has 0 spiro atoms. The normalized spacial score (nSPS) is 10.7. The molecule has 6 nitrogen and oxygen atoms in total. The molecule has 2 N–H and O–H groups in total. The predicted molar refractivity (Wildman–Crippen MR) is 101 cm³/mol. The number of carbonyl (C=O) groups excluding carboxylic acids is 1.